The number of hydrogen-bond acceptors (Lipinski definition) is 0. The monoisotopic (exact) mass is 1470 g/mol. The van der Waals surface area contributed by atoms with Crippen LogP contribution in [0.5, 0.6) is 0 Å². The van der Waals surface area contributed by atoms with Crippen LogP contribution < -0.4 is 0 Å². The third kappa shape index (κ3) is 24.3. The van der Waals surface area contributed by atoms with E-state index in [1.165, 1.54) is 0 Å². The highest BCUT2D eigenvalue weighted by Gasteiger charge is 2.47. The molecule has 0 rings (SSSR count). The molecule has 27 unspecified atom stereocenters. The van der Waals surface area contributed by atoms with Gasteiger partial charge in [0.25, 0.3) is 0 Å². The van der Waals surface area contributed by atoms with E-state index in [0.717, 1.165) is 7.96 Å². The Morgan fingerprint density at radius 3 is 0.674 bits per heavy atom. The van der Waals surface area contributed by atoms with Gasteiger partial charge in [0.05, 0.1) is 0 Å². The Kier molecular flexibility index (Phi) is 52.4. The number of hydrogen-bond donors (Lipinski definition) is 0. The second-order valence-electron chi connectivity index (χ2n) is 7.10. The van der Waals surface area contributed by atoms with Crippen LogP contribution in [0.15, 0.2) is 0 Å². The molecule has 0 spiro atoms. The van der Waals surface area contributed by atoms with Crippen molar-refractivity contribution in [1.82, 2.24) is 0 Å². The van der Waals surface area contributed by atoms with Gasteiger partial charge in [-0.3, -0.25) is 0 Å². The molecule has 0 N–H and O–H groups in total. The largest absolute Gasteiger partial charge is 0.453 e. The predicted octanol–water partition coefficient (Wildman–Crippen LogP) is 27.0. The molecule has 0 heterocycles. The van der Waals surface area contributed by atoms with E-state index in [1.54, 1.807) is 0 Å². The summed E-state index contributed by atoms with van der Waals surface area (Å²) in [6.45, 7) is -2.09. The standard InChI is InChI=1S/H47P46/c1-24-37(26(2)3)45(42(31(12)13)32(14)15)39(46(43(33(16)17)34(18)19)44(35(20)21)36(22)23)25-38(40(27(4)5)28(6)7)41(29(8)9)30(10)11/h24H,1-23H2/q-1. The minimum Gasteiger partial charge on any atom is -0.453 e. The van der Waals surface area contributed by atoms with Gasteiger partial charge in [0.15, 0.2) is 0 Å². The lowest BCUT2D eigenvalue weighted by atomic mass is 28.5. The smallest absolute Gasteiger partial charge is 0.00773 e. The van der Waals surface area contributed by atoms with Crippen molar-refractivity contribution >= 4 is 368 Å². The van der Waals surface area contributed by atoms with E-state index in [9.17, 15) is 0 Å². The fraction of sp³-hybridized carbons (Fsp3) is 0. The van der Waals surface area contributed by atoms with Crippen molar-refractivity contribution in [3.05, 3.63) is 0 Å². The minimum atomic E-state index is -0.143. The summed E-state index contributed by atoms with van der Waals surface area (Å²) in [6, 6.07) is 0. The van der Waals surface area contributed by atoms with Crippen LogP contribution in [-0.4, -0.2) is 0 Å². The Morgan fingerprint density at radius 2 is 0.478 bits per heavy atom. The summed E-state index contributed by atoms with van der Waals surface area (Å²) in [6.07, 6.45) is 0. The van der Waals surface area contributed by atoms with Gasteiger partial charge in [-0.05, 0) is 133 Å². The van der Waals surface area contributed by atoms with Crippen molar-refractivity contribution in [3.63, 3.8) is 0 Å². The average Bonchev–Trinajstić information content (AvgIpc) is 2.84. The van der Waals surface area contributed by atoms with Crippen molar-refractivity contribution in [1.29, 1.82) is 0 Å². The molecule has 0 aromatic heterocycles. The topological polar surface area (TPSA) is 0 Å². The van der Waals surface area contributed by atoms with Crippen LogP contribution in [0.25, 0.3) is 0 Å². The van der Waals surface area contributed by atoms with E-state index in [1.807, 2.05) is 7.96 Å². The molecule has 0 aliphatic rings. The predicted molar refractivity (Wildman–Crippen MR) is 384 cm³/mol. The highest BCUT2D eigenvalue weighted by Crippen LogP contribution is 3.40. The van der Waals surface area contributed by atoms with Gasteiger partial charge in [-0.15, -0.1) is 205 Å². The second-order valence-corrected chi connectivity index (χ2v) is 192. The van der Waals surface area contributed by atoms with Gasteiger partial charge < -0.3 is 7.96 Å². The van der Waals surface area contributed by atoms with E-state index >= 15 is 0 Å². The van der Waals surface area contributed by atoms with Crippen LogP contribution >= 0.6 is 368 Å². The van der Waals surface area contributed by atoms with Crippen molar-refractivity contribution in [2.45, 2.75) is 0 Å². The fourth-order valence-corrected chi connectivity index (χ4v) is 614. The molecule has 0 saturated heterocycles. The lowest BCUT2D eigenvalue weighted by Gasteiger charge is -2.61. The first-order valence-corrected chi connectivity index (χ1v) is 93.5. The van der Waals surface area contributed by atoms with E-state index in [4.69, 9.17) is 0 Å². The highest BCUT2D eigenvalue weighted by atomic mass is 33.5. The van der Waals surface area contributed by atoms with Gasteiger partial charge in [-0.2, -0.15) is 14.0 Å². The lowest BCUT2D eigenvalue weighted by Crippen LogP contribution is -1.65. The molecule has 27 atom stereocenters. The molecule has 0 nitrogen and oxygen atoms in total. The van der Waals surface area contributed by atoms with Gasteiger partial charge in [0.2, 0.25) is 0 Å². The SMILES string of the molecule is PPP(P(P)P)P(P([P-]P(P(P(P)P)P(P)P)P(P(P)P)P(P)P)P(P(P(P)P)P(P)P)P(P(P)P)P(P)P)P(P(P)P)P(P)P. The number of rotatable bonds is 22. The van der Waals surface area contributed by atoms with Crippen LogP contribution in [0.3, 0.4) is 0 Å². The van der Waals surface area contributed by atoms with Crippen LogP contribution in [0.1, 0.15) is 0 Å². The van der Waals surface area contributed by atoms with Crippen LogP contribution in [0.2, 0.25) is 0 Å². The molecular formula is H47P46-. The average molecular weight is 1470 g/mol. The summed E-state index contributed by atoms with van der Waals surface area (Å²) in [5, 5.41) is 0. The molecule has 46 heteroatoms. The molecule has 0 aliphatic carbocycles. The van der Waals surface area contributed by atoms with Gasteiger partial charge in [-0.25, -0.2) is 0 Å². The van der Waals surface area contributed by atoms with E-state index < -0.39 is 0 Å². The molecule has 0 bridgehead atoms. The summed E-state index contributed by atoms with van der Waals surface area (Å²) in [7, 11) is 81.3. The Balaban J connectivity index is 8.55. The summed E-state index contributed by atoms with van der Waals surface area (Å²) in [5.41, 5.74) is 0. The fourth-order valence-electron chi connectivity index (χ4n) is 2.53. The molecule has 0 aliphatic heterocycles. The minimum absolute atomic E-state index is 0.0224. The van der Waals surface area contributed by atoms with Gasteiger partial charge in [0.1, 0.15) is 0 Å². The lowest BCUT2D eigenvalue weighted by molar-refractivity contribution is 4.40. The van der Waals surface area contributed by atoms with Gasteiger partial charge in [0, 0.05) is 0 Å². The molecule has 0 radical (unpaired) electrons. The first kappa shape index (κ1) is 65.8. The van der Waals surface area contributed by atoms with Gasteiger partial charge >= 0.3 is 0 Å². The molecule has 0 amide bonds. The summed E-state index contributed by atoms with van der Waals surface area (Å²) >= 11 is 0. The molecule has 0 fully saturated rings. The maximum atomic E-state index is 3.42. The third-order valence-corrected chi connectivity index (χ3v) is 312. The molecule has 0 aromatic rings. The Hall–Kier alpha value is 19.8. The first-order chi connectivity index (χ1) is 21.0. The van der Waals surface area contributed by atoms with Gasteiger partial charge in [-0.1, -0.05) is 7.96 Å². The maximum absolute atomic E-state index is 3.42. The summed E-state index contributed by atoms with van der Waals surface area (Å²) in [4.78, 5) is 0. The zero-order chi connectivity index (χ0) is 36.5. The zero-order valence-electron chi connectivity index (χ0n) is 23.6. The van der Waals surface area contributed by atoms with Crippen molar-refractivity contribution in [2.24, 2.45) is 0 Å². The van der Waals surface area contributed by atoms with E-state index in [2.05, 4.69) is 205 Å². The third-order valence-electron chi connectivity index (χ3n) is 3.85. The maximum Gasteiger partial charge on any atom is -0.00773 e. The normalized spacial score (nSPS) is 16.6. The Bertz CT molecular complexity index is 681. The molecule has 46 heavy (non-hydrogen) atoms. The zero-order valence-corrected chi connectivity index (χ0v) is 70.9. The van der Waals surface area contributed by atoms with Crippen molar-refractivity contribution < 1.29 is 0 Å². The molecule has 278 valence electrons. The van der Waals surface area contributed by atoms with Crippen molar-refractivity contribution in [3.8, 4) is 0 Å². The Morgan fingerprint density at radius 1 is 0.261 bits per heavy atom. The summed E-state index contributed by atoms with van der Waals surface area (Å²) in [5.74, 6) is 0. The molecule has 0 saturated carbocycles. The van der Waals surface area contributed by atoms with Crippen LogP contribution in [-0.2, 0) is 0 Å². The van der Waals surface area contributed by atoms with E-state index in [0.29, 0.717) is 0 Å². The quantitative estimate of drug-likeness (QED) is 0.0948. The van der Waals surface area contributed by atoms with Crippen LogP contribution in [0, 0.1) is 0 Å². The molecular weight excluding hydrogens is 1420 g/mol. The highest BCUT2D eigenvalue weighted by molar-refractivity contribution is 9.46. The second kappa shape index (κ2) is 36.7. The first-order valence-electron chi connectivity index (χ1n) is 10.4. The van der Waals surface area contributed by atoms with E-state index in [-0.39, 0.29) is 147 Å². The van der Waals surface area contributed by atoms with Crippen molar-refractivity contribution in [2.75, 3.05) is 0 Å². The Labute approximate surface area is 363 Å². The molecule has 0 aromatic carbocycles. The van der Waals surface area contributed by atoms with Crippen LogP contribution in [0.4, 0.5) is 0 Å². The summed E-state index contributed by atoms with van der Waals surface area (Å²) < 4.78 is 0.